The number of aryl methyl sites for hydroxylation is 2. The van der Waals surface area contributed by atoms with Crippen molar-refractivity contribution in [2.75, 3.05) is 0 Å². The van der Waals surface area contributed by atoms with E-state index in [2.05, 4.69) is 15.5 Å². The van der Waals surface area contributed by atoms with Crippen LogP contribution < -0.4 is 5.32 Å². The Balaban J connectivity index is 1.44. The van der Waals surface area contributed by atoms with Gasteiger partial charge in [0.2, 0.25) is 17.7 Å². The van der Waals surface area contributed by atoms with E-state index in [9.17, 15) is 4.79 Å². The molecule has 0 unspecified atom stereocenters. The van der Waals surface area contributed by atoms with Gasteiger partial charge in [-0.15, -0.1) is 10.2 Å². The average Bonchev–Trinajstić information content (AvgIpc) is 3.12. The number of rotatable bonds is 7. The van der Waals surface area contributed by atoms with Gasteiger partial charge in [0.15, 0.2) is 0 Å². The van der Waals surface area contributed by atoms with Crippen LogP contribution in [0.2, 0.25) is 5.02 Å². The van der Waals surface area contributed by atoms with Crippen LogP contribution in [0.5, 0.6) is 0 Å². The van der Waals surface area contributed by atoms with Crippen molar-refractivity contribution in [2.45, 2.75) is 32.7 Å². The number of nitrogens with one attached hydrogen (secondary N) is 1. The molecule has 0 radical (unpaired) electrons. The number of hydrogen-bond donors (Lipinski definition) is 1. The SMILES string of the molecule is Cc1ccc(Cl)cc1CNC(=O)CCCc1nnc(-c2ccccc2)o1. The molecule has 1 amide bonds. The minimum Gasteiger partial charge on any atom is -0.421 e. The van der Waals surface area contributed by atoms with Crippen LogP contribution in [-0.2, 0) is 17.8 Å². The van der Waals surface area contributed by atoms with E-state index >= 15 is 0 Å². The van der Waals surface area contributed by atoms with Crippen LogP contribution in [0.1, 0.15) is 29.9 Å². The van der Waals surface area contributed by atoms with Gasteiger partial charge >= 0.3 is 0 Å². The van der Waals surface area contributed by atoms with Crippen molar-refractivity contribution in [1.29, 1.82) is 0 Å². The highest BCUT2D eigenvalue weighted by molar-refractivity contribution is 6.30. The highest BCUT2D eigenvalue weighted by atomic mass is 35.5. The third-order valence-electron chi connectivity index (χ3n) is 4.07. The first-order valence-electron chi connectivity index (χ1n) is 8.51. The van der Waals surface area contributed by atoms with Gasteiger partial charge in [-0.25, -0.2) is 0 Å². The Hall–Kier alpha value is -2.66. The Labute approximate surface area is 157 Å². The minimum absolute atomic E-state index is 0.00725. The smallest absolute Gasteiger partial charge is 0.247 e. The molecule has 2 aromatic carbocycles. The lowest BCUT2D eigenvalue weighted by molar-refractivity contribution is -0.121. The van der Waals surface area contributed by atoms with E-state index in [0.29, 0.717) is 42.6 Å². The molecule has 6 heteroatoms. The summed E-state index contributed by atoms with van der Waals surface area (Å²) in [6.07, 6.45) is 1.63. The second-order valence-corrected chi connectivity index (χ2v) is 6.50. The number of halogens is 1. The molecule has 1 N–H and O–H groups in total. The monoisotopic (exact) mass is 369 g/mol. The molecule has 134 valence electrons. The normalized spacial score (nSPS) is 10.7. The van der Waals surface area contributed by atoms with Crippen LogP contribution in [0.3, 0.4) is 0 Å². The number of carbonyl (C=O) groups is 1. The first-order valence-corrected chi connectivity index (χ1v) is 8.89. The lowest BCUT2D eigenvalue weighted by atomic mass is 10.1. The van der Waals surface area contributed by atoms with Gasteiger partial charge in [-0.1, -0.05) is 35.9 Å². The van der Waals surface area contributed by atoms with Gasteiger partial charge in [0.05, 0.1) is 0 Å². The fourth-order valence-corrected chi connectivity index (χ4v) is 2.76. The summed E-state index contributed by atoms with van der Waals surface area (Å²) in [5.74, 6) is 1.04. The molecule has 26 heavy (non-hydrogen) atoms. The van der Waals surface area contributed by atoms with Gasteiger partial charge in [0.1, 0.15) is 0 Å². The molecule has 3 aromatic rings. The Morgan fingerprint density at radius 1 is 1.15 bits per heavy atom. The highest BCUT2D eigenvalue weighted by Crippen LogP contribution is 2.18. The van der Waals surface area contributed by atoms with E-state index in [-0.39, 0.29) is 5.91 Å². The zero-order valence-electron chi connectivity index (χ0n) is 14.5. The van der Waals surface area contributed by atoms with Gasteiger partial charge in [0, 0.05) is 30.0 Å². The van der Waals surface area contributed by atoms with Crippen molar-refractivity contribution in [2.24, 2.45) is 0 Å². The number of hydrogen-bond acceptors (Lipinski definition) is 4. The zero-order valence-corrected chi connectivity index (χ0v) is 15.3. The number of benzene rings is 2. The van der Waals surface area contributed by atoms with Crippen molar-refractivity contribution in [3.63, 3.8) is 0 Å². The molecular formula is C20H20ClN3O2. The maximum Gasteiger partial charge on any atom is 0.247 e. The van der Waals surface area contributed by atoms with Crippen LogP contribution in [0.25, 0.3) is 11.5 Å². The highest BCUT2D eigenvalue weighted by Gasteiger charge is 2.09. The van der Waals surface area contributed by atoms with E-state index < -0.39 is 0 Å². The van der Waals surface area contributed by atoms with Crippen molar-refractivity contribution >= 4 is 17.5 Å². The maximum atomic E-state index is 12.0. The first-order chi connectivity index (χ1) is 12.6. The lowest BCUT2D eigenvalue weighted by Gasteiger charge is -2.08. The quantitative estimate of drug-likeness (QED) is 0.672. The summed E-state index contributed by atoms with van der Waals surface area (Å²) in [6.45, 7) is 2.47. The summed E-state index contributed by atoms with van der Waals surface area (Å²) in [5.41, 5.74) is 3.02. The van der Waals surface area contributed by atoms with Crippen molar-refractivity contribution in [1.82, 2.24) is 15.5 Å². The molecule has 0 aliphatic rings. The first kappa shape index (κ1) is 18.1. The van der Waals surface area contributed by atoms with Crippen molar-refractivity contribution in [3.8, 4) is 11.5 Å². The molecule has 3 rings (SSSR count). The predicted molar refractivity (Wildman–Crippen MR) is 101 cm³/mol. The molecule has 0 saturated heterocycles. The third-order valence-corrected chi connectivity index (χ3v) is 4.30. The Kier molecular flexibility index (Phi) is 6.02. The third kappa shape index (κ3) is 4.92. The second kappa shape index (κ2) is 8.63. The van der Waals surface area contributed by atoms with Crippen LogP contribution in [0.4, 0.5) is 0 Å². The van der Waals surface area contributed by atoms with Gasteiger partial charge in [-0.2, -0.15) is 0 Å². The van der Waals surface area contributed by atoms with E-state index in [0.717, 1.165) is 16.7 Å². The molecule has 0 bridgehead atoms. The van der Waals surface area contributed by atoms with E-state index in [4.69, 9.17) is 16.0 Å². The Morgan fingerprint density at radius 2 is 1.96 bits per heavy atom. The summed E-state index contributed by atoms with van der Waals surface area (Å²) < 4.78 is 5.64. The van der Waals surface area contributed by atoms with E-state index in [1.807, 2.05) is 55.5 Å². The van der Waals surface area contributed by atoms with Gasteiger partial charge in [-0.05, 0) is 48.7 Å². The largest absolute Gasteiger partial charge is 0.421 e. The Morgan fingerprint density at radius 3 is 2.77 bits per heavy atom. The zero-order chi connectivity index (χ0) is 18.4. The van der Waals surface area contributed by atoms with Crippen LogP contribution in [0.15, 0.2) is 52.9 Å². The van der Waals surface area contributed by atoms with Gasteiger partial charge in [-0.3, -0.25) is 4.79 Å². The molecule has 0 atom stereocenters. The molecule has 5 nitrogen and oxygen atoms in total. The molecule has 0 aliphatic carbocycles. The maximum absolute atomic E-state index is 12.0. The molecule has 1 heterocycles. The molecule has 1 aromatic heterocycles. The minimum atomic E-state index is -0.00725. The number of amides is 1. The molecule has 0 fully saturated rings. The summed E-state index contributed by atoms with van der Waals surface area (Å²) in [4.78, 5) is 12.0. The van der Waals surface area contributed by atoms with Crippen molar-refractivity contribution in [3.05, 3.63) is 70.6 Å². The second-order valence-electron chi connectivity index (χ2n) is 6.07. The molecular weight excluding hydrogens is 350 g/mol. The average molecular weight is 370 g/mol. The summed E-state index contributed by atoms with van der Waals surface area (Å²) >= 11 is 5.99. The number of nitrogens with zero attached hydrogens (tertiary/aromatic N) is 2. The summed E-state index contributed by atoms with van der Waals surface area (Å²) in [7, 11) is 0. The van der Waals surface area contributed by atoms with E-state index in [1.54, 1.807) is 0 Å². The van der Waals surface area contributed by atoms with Crippen molar-refractivity contribution < 1.29 is 9.21 Å². The lowest BCUT2D eigenvalue weighted by Crippen LogP contribution is -2.23. The topological polar surface area (TPSA) is 68.0 Å². The fourth-order valence-electron chi connectivity index (χ4n) is 2.56. The molecule has 0 saturated carbocycles. The fraction of sp³-hybridized carbons (Fsp3) is 0.250. The van der Waals surface area contributed by atoms with Gasteiger partial charge in [0.25, 0.3) is 0 Å². The van der Waals surface area contributed by atoms with Crippen LogP contribution in [0, 0.1) is 6.92 Å². The summed E-state index contributed by atoms with van der Waals surface area (Å²) in [5, 5.41) is 11.7. The van der Waals surface area contributed by atoms with Crippen LogP contribution in [-0.4, -0.2) is 16.1 Å². The molecule has 0 spiro atoms. The summed E-state index contributed by atoms with van der Waals surface area (Å²) in [6, 6.07) is 15.3. The molecule has 0 aliphatic heterocycles. The van der Waals surface area contributed by atoms with Gasteiger partial charge < -0.3 is 9.73 Å². The standard InChI is InChI=1S/C20H20ClN3O2/c1-14-10-11-17(21)12-16(14)13-22-18(25)8-5-9-19-23-24-20(26-19)15-6-3-2-4-7-15/h2-4,6-7,10-12H,5,8-9,13H2,1H3,(H,22,25). The Bertz CT molecular complexity index is 878. The van der Waals surface area contributed by atoms with Crippen LogP contribution >= 0.6 is 11.6 Å². The number of carbonyl (C=O) groups excluding carboxylic acids is 1. The number of aromatic nitrogens is 2. The van der Waals surface area contributed by atoms with E-state index in [1.165, 1.54) is 0 Å². The predicted octanol–water partition coefficient (Wildman–Crippen LogP) is 4.34.